The quantitative estimate of drug-likeness (QED) is 0.362. The van der Waals surface area contributed by atoms with E-state index in [0.717, 1.165) is 18.4 Å². The molecule has 0 spiro atoms. The Morgan fingerprint density at radius 2 is 1.75 bits per heavy atom. The fourth-order valence-corrected chi connectivity index (χ4v) is 2.45. The maximum Gasteiger partial charge on any atom is 0.141 e. The molecular weight excluding hydrogens is 253 g/mol. The van der Waals surface area contributed by atoms with Gasteiger partial charge in [0.1, 0.15) is 5.82 Å². The molecule has 1 aromatic heterocycles. The highest BCUT2D eigenvalue weighted by molar-refractivity contribution is 5.14. The summed E-state index contributed by atoms with van der Waals surface area (Å²) >= 11 is 0. The second-order valence-corrected chi connectivity index (χ2v) is 5.42. The lowest BCUT2D eigenvalue weighted by atomic mass is 10.0. The van der Waals surface area contributed by atoms with Crippen LogP contribution in [-0.2, 0) is 0 Å². The molecule has 3 N–H and O–H groups in total. The molecule has 20 heavy (non-hydrogen) atoms. The number of nitrogens with one attached hydrogen (secondary N) is 1. The van der Waals surface area contributed by atoms with E-state index in [2.05, 4.69) is 17.3 Å². The van der Waals surface area contributed by atoms with Gasteiger partial charge in [-0.3, -0.25) is 16.3 Å². The van der Waals surface area contributed by atoms with Crippen LogP contribution >= 0.6 is 0 Å². The Labute approximate surface area is 122 Å². The van der Waals surface area contributed by atoms with Crippen LogP contribution in [0.3, 0.4) is 0 Å². The molecule has 1 aromatic rings. The smallest absolute Gasteiger partial charge is 0.141 e. The number of rotatable bonds is 11. The zero-order chi connectivity index (χ0) is 14.6. The molecule has 0 fully saturated rings. The summed E-state index contributed by atoms with van der Waals surface area (Å²) in [6.07, 6.45) is 14.1. The van der Waals surface area contributed by atoms with E-state index >= 15 is 0 Å². The van der Waals surface area contributed by atoms with Gasteiger partial charge in [0, 0.05) is 12.2 Å². The van der Waals surface area contributed by atoms with Crippen molar-refractivity contribution in [1.29, 1.82) is 0 Å². The van der Waals surface area contributed by atoms with Gasteiger partial charge in [-0.2, -0.15) is 0 Å². The van der Waals surface area contributed by atoms with Crippen molar-refractivity contribution in [3.05, 3.63) is 29.8 Å². The van der Waals surface area contributed by atoms with Crippen molar-refractivity contribution in [1.82, 2.24) is 10.4 Å². The SMILES string of the molecule is CCCCCCCCCCC(NN)c1cncc(F)c1. The summed E-state index contributed by atoms with van der Waals surface area (Å²) in [4.78, 5) is 3.87. The van der Waals surface area contributed by atoms with Crippen LogP contribution in [0.1, 0.15) is 76.3 Å². The van der Waals surface area contributed by atoms with Gasteiger partial charge in [-0.15, -0.1) is 0 Å². The number of hydrazine groups is 1. The summed E-state index contributed by atoms with van der Waals surface area (Å²) < 4.78 is 13.1. The highest BCUT2D eigenvalue weighted by Crippen LogP contribution is 2.19. The van der Waals surface area contributed by atoms with Gasteiger partial charge in [0.05, 0.1) is 6.20 Å². The van der Waals surface area contributed by atoms with Gasteiger partial charge in [-0.05, 0) is 18.1 Å². The van der Waals surface area contributed by atoms with Crippen molar-refractivity contribution in [2.45, 2.75) is 70.8 Å². The number of unbranched alkanes of at least 4 members (excludes halogenated alkanes) is 7. The van der Waals surface area contributed by atoms with E-state index in [1.165, 1.54) is 57.2 Å². The second-order valence-electron chi connectivity index (χ2n) is 5.42. The first-order chi connectivity index (χ1) is 9.77. The topological polar surface area (TPSA) is 50.9 Å². The van der Waals surface area contributed by atoms with Gasteiger partial charge in [-0.25, -0.2) is 4.39 Å². The number of aromatic nitrogens is 1. The second kappa shape index (κ2) is 10.7. The highest BCUT2D eigenvalue weighted by Gasteiger charge is 2.10. The molecule has 0 saturated heterocycles. The number of nitrogens with two attached hydrogens (primary N) is 1. The minimum absolute atomic E-state index is 0.00158. The molecule has 114 valence electrons. The summed E-state index contributed by atoms with van der Waals surface area (Å²) in [5, 5.41) is 0. The number of pyridine rings is 1. The van der Waals surface area contributed by atoms with Crippen molar-refractivity contribution >= 4 is 0 Å². The predicted molar refractivity (Wildman–Crippen MR) is 81.5 cm³/mol. The highest BCUT2D eigenvalue weighted by atomic mass is 19.1. The normalized spacial score (nSPS) is 12.6. The zero-order valence-electron chi connectivity index (χ0n) is 12.6. The van der Waals surface area contributed by atoms with Crippen molar-refractivity contribution in [2.75, 3.05) is 0 Å². The standard InChI is InChI=1S/C16H28FN3/c1-2-3-4-5-6-7-8-9-10-16(20-18)14-11-15(17)13-19-12-14/h11-13,16,20H,2-10,18H2,1H3. The van der Waals surface area contributed by atoms with Gasteiger partial charge in [0.15, 0.2) is 0 Å². The van der Waals surface area contributed by atoms with E-state index < -0.39 is 0 Å². The van der Waals surface area contributed by atoms with E-state index in [-0.39, 0.29) is 11.9 Å². The van der Waals surface area contributed by atoms with Gasteiger partial charge >= 0.3 is 0 Å². The van der Waals surface area contributed by atoms with Crippen molar-refractivity contribution in [3.8, 4) is 0 Å². The number of halogens is 1. The molecule has 0 aliphatic rings. The molecule has 0 aliphatic heterocycles. The molecule has 1 atom stereocenters. The molecule has 1 heterocycles. The summed E-state index contributed by atoms with van der Waals surface area (Å²) in [6.45, 7) is 2.24. The van der Waals surface area contributed by atoms with Crippen molar-refractivity contribution in [2.24, 2.45) is 5.84 Å². The molecule has 0 bridgehead atoms. The van der Waals surface area contributed by atoms with Crippen LogP contribution in [0.2, 0.25) is 0 Å². The first kappa shape index (κ1) is 17.1. The van der Waals surface area contributed by atoms with Gasteiger partial charge in [0.2, 0.25) is 0 Å². The molecule has 0 aliphatic carbocycles. The maximum atomic E-state index is 13.1. The molecule has 0 amide bonds. The number of hydrogen-bond acceptors (Lipinski definition) is 3. The Balaban J connectivity index is 2.16. The fourth-order valence-electron chi connectivity index (χ4n) is 2.45. The molecule has 0 aromatic carbocycles. The van der Waals surface area contributed by atoms with E-state index in [1.807, 2.05) is 0 Å². The van der Waals surface area contributed by atoms with E-state index in [4.69, 9.17) is 5.84 Å². The van der Waals surface area contributed by atoms with E-state index in [1.54, 1.807) is 6.20 Å². The number of hydrogen-bond donors (Lipinski definition) is 2. The Morgan fingerprint density at radius 1 is 1.10 bits per heavy atom. The van der Waals surface area contributed by atoms with Gasteiger partial charge in [0.25, 0.3) is 0 Å². The van der Waals surface area contributed by atoms with Crippen LogP contribution in [0.4, 0.5) is 4.39 Å². The zero-order valence-corrected chi connectivity index (χ0v) is 12.6. The minimum atomic E-state index is -0.307. The Bertz CT molecular complexity index is 357. The largest absolute Gasteiger partial charge is 0.271 e. The Hall–Kier alpha value is -1.00. The van der Waals surface area contributed by atoms with Crippen LogP contribution in [-0.4, -0.2) is 4.98 Å². The first-order valence-electron chi connectivity index (χ1n) is 7.84. The summed E-state index contributed by atoms with van der Waals surface area (Å²) in [7, 11) is 0. The van der Waals surface area contributed by atoms with Crippen LogP contribution in [0.25, 0.3) is 0 Å². The first-order valence-corrected chi connectivity index (χ1v) is 7.84. The lowest BCUT2D eigenvalue weighted by Gasteiger charge is -2.15. The third kappa shape index (κ3) is 6.96. The van der Waals surface area contributed by atoms with Crippen LogP contribution < -0.4 is 11.3 Å². The van der Waals surface area contributed by atoms with Crippen LogP contribution in [0.5, 0.6) is 0 Å². The average molecular weight is 281 g/mol. The lowest BCUT2D eigenvalue weighted by Crippen LogP contribution is -2.28. The lowest BCUT2D eigenvalue weighted by molar-refractivity contribution is 0.471. The third-order valence-corrected chi connectivity index (χ3v) is 3.68. The maximum absolute atomic E-state index is 13.1. The summed E-state index contributed by atoms with van der Waals surface area (Å²) in [5.74, 6) is 5.24. The minimum Gasteiger partial charge on any atom is -0.271 e. The molecule has 4 heteroatoms. The summed E-state index contributed by atoms with van der Waals surface area (Å²) in [5.41, 5.74) is 3.59. The van der Waals surface area contributed by atoms with Crippen molar-refractivity contribution in [3.63, 3.8) is 0 Å². The van der Waals surface area contributed by atoms with Crippen molar-refractivity contribution < 1.29 is 4.39 Å². The molecule has 1 rings (SSSR count). The number of nitrogens with zero attached hydrogens (tertiary/aromatic N) is 1. The molecular formula is C16H28FN3. The van der Waals surface area contributed by atoms with Crippen LogP contribution in [0.15, 0.2) is 18.5 Å². The molecule has 0 saturated carbocycles. The van der Waals surface area contributed by atoms with Crippen LogP contribution in [0, 0.1) is 5.82 Å². The molecule has 3 nitrogen and oxygen atoms in total. The summed E-state index contributed by atoms with van der Waals surface area (Å²) in [6, 6.07) is 1.50. The predicted octanol–water partition coefficient (Wildman–Crippen LogP) is 4.26. The third-order valence-electron chi connectivity index (χ3n) is 3.68. The molecule has 1 unspecified atom stereocenters. The average Bonchev–Trinajstić information content (AvgIpc) is 2.46. The van der Waals surface area contributed by atoms with E-state index in [9.17, 15) is 4.39 Å². The van der Waals surface area contributed by atoms with E-state index in [0.29, 0.717) is 0 Å². The Morgan fingerprint density at radius 3 is 2.35 bits per heavy atom. The van der Waals surface area contributed by atoms with Gasteiger partial charge in [-0.1, -0.05) is 58.3 Å². The molecule has 0 radical (unpaired) electrons. The van der Waals surface area contributed by atoms with Gasteiger partial charge < -0.3 is 0 Å². The monoisotopic (exact) mass is 281 g/mol. The fraction of sp³-hybridized carbons (Fsp3) is 0.688. The Kier molecular flexibility index (Phi) is 9.16.